The average molecular weight is 450 g/mol. The summed E-state index contributed by atoms with van der Waals surface area (Å²) in [4.78, 5) is 26.9. The lowest BCUT2D eigenvalue weighted by Gasteiger charge is -2.31. The van der Waals surface area contributed by atoms with E-state index in [1.807, 2.05) is 12.1 Å². The van der Waals surface area contributed by atoms with E-state index in [1.54, 1.807) is 10.4 Å². The van der Waals surface area contributed by atoms with E-state index in [0.29, 0.717) is 37.6 Å². The van der Waals surface area contributed by atoms with Crippen LogP contribution in [0, 0.1) is 5.92 Å². The number of piperidine rings is 1. The Labute approximate surface area is 191 Å². The Bertz CT molecular complexity index is 950. The topological polar surface area (TPSA) is 87.2 Å². The fourth-order valence-corrected chi connectivity index (χ4v) is 4.56. The van der Waals surface area contributed by atoms with Crippen LogP contribution in [0.4, 0.5) is 9.93 Å². The predicted octanol–water partition coefficient (Wildman–Crippen LogP) is 4.12. The van der Waals surface area contributed by atoms with E-state index in [1.165, 1.54) is 22.5 Å². The minimum absolute atomic E-state index is 0.0460. The Balaban J connectivity index is 1.26. The van der Waals surface area contributed by atoms with Crippen LogP contribution in [0.2, 0.25) is 0 Å². The molecular formula is C24H27N5O2S. The van der Waals surface area contributed by atoms with Gasteiger partial charge >= 0.3 is 6.03 Å². The Kier molecular flexibility index (Phi) is 7.45. The number of likely N-dealkylation sites (tertiary alicyclic amines) is 1. The molecular weight excluding hydrogens is 422 g/mol. The highest BCUT2D eigenvalue weighted by Crippen LogP contribution is 2.27. The summed E-state index contributed by atoms with van der Waals surface area (Å²) in [5, 5.41) is 14.0. The maximum Gasteiger partial charge on any atom is 0.317 e. The summed E-state index contributed by atoms with van der Waals surface area (Å²) in [6, 6.07) is 20.7. The van der Waals surface area contributed by atoms with Crippen LogP contribution in [0.15, 0.2) is 66.2 Å². The zero-order valence-corrected chi connectivity index (χ0v) is 18.6. The van der Waals surface area contributed by atoms with Gasteiger partial charge < -0.3 is 15.5 Å². The van der Waals surface area contributed by atoms with Crippen molar-refractivity contribution in [2.75, 3.05) is 25.0 Å². The molecule has 0 bridgehead atoms. The Morgan fingerprint density at radius 3 is 2.19 bits per heavy atom. The number of nitrogens with one attached hydrogen (secondary N) is 2. The van der Waals surface area contributed by atoms with Crippen molar-refractivity contribution in [2.45, 2.75) is 25.2 Å². The van der Waals surface area contributed by atoms with Gasteiger partial charge in [-0.25, -0.2) is 4.79 Å². The van der Waals surface area contributed by atoms with Gasteiger partial charge in [-0.3, -0.25) is 4.79 Å². The van der Waals surface area contributed by atoms with Crippen molar-refractivity contribution in [3.8, 4) is 0 Å². The third-order valence-corrected chi connectivity index (χ3v) is 6.46. The maximum atomic E-state index is 12.7. The second-order valence-corrected chi connectivity index (χ2v) is 8.72. The molecule has 2 N–H and O–H groups in total. The average Bonchev–Trinajstić information content (AvgIpc) is 3.36. The van der Waals surface area contributed by atoms with Crippen LogP contribution in [-0.4, -0.2) is 46.7 Å². The van der Waals surface area contributed by atoms with Crippen molar-refractivity contribution in [1.82, 2.24) is 20.4 Å². The van der Waals surface area contributed by atoms with Crippen molar-refractivity contribution >= 4 is 28.4 Å². The van der Waals surface area contributed by atoms with Crippen molar-refractivity contribution in [3.05, 3.63) is 77.3 Å². The number of hydrogen-bond acceptors (Lipinski definition) is 5. The highest BCUT2D eigenvalue weighted by Gasteiger charge is 2.28. The van der Waals surface area contributed by atoms with E-state index in [0.717, 1.165) is 6.42 Å². The largest absolute Gasteiger partial charge is 0.338 e. The number of benzene rings is 2. The van der Waals surface area contributed by atoms with Crippen molar-refractivity contribution in [3.63, 3.8) is 0 Å². The Morgan fingerprint density at radius 1 is 1.00 bits per heavy atom. The molecule has 0 unspecified atom stereocenters. The first-order chi connectivity index (χ1) is 15.7. The first-order valence-electron chi connectivity index (χ1n) is 10.9. The van der Waals surface area contributed by atoms with Gasteiger partial charge in [-0.1, -0.05) is 72.0 Å². The molecule has 1 aliphatic heterocycles. The van der Waals surface area contributed by atoms with Crippen LogP contribution in [-0.2, 0) is 4.79 Å². The molecule has 2 aromatic carbocycles. The number of anilines is 1. The van der Waals surface area contributed by atoms with Gasteiger partial charge in [-0.05, 0) is 30.4 Å². The van der Waals surface area contributed by atoms with Gasteiger partial charge in [0.2, 0.25) is 11.0 Å². The summed E-state index contributed by atoms with van der Waals surface area (Å²) in [6.45, 7) is 1.73. The molecule has 7 nitrogen and oxygen atoms in total. The normalized spacial score (nSPS) is 14.3. The van der Waals surface area contributed by atoms with Gasteiger partial charge in [-0.15, -0.1) is 10.2 Å². The zero-order valence-electron chi connectivity index (χ0n) is 17.8. The minimum Gasteiger partial charge on any atom is -0.338 e. The van der Waals surface area contributed by atoms with Crippen molar-refractivity contribution in [2.24, 2.45) is 5.92 Å². The van der Waals surface area contributed by atoms with E-state index in [4.69, 9.17) is 0 Å². The summed E-state index contributed by atoms with van der Waals surface area (Å²) >= 11 is 1.30. The minimum atomic E-state index is -0.108. The summed E-state index contributed by atoms with van der Waals surface area (Å²) in [6.07, 6.45) is 2.11. The summed E-state index contributed by atoms with van der Waals surface area (Å²) in [5.74, 6) is 0.0753. The van der Waals surface area contributed by atoms with E-state index in [2.05, 4.69) is 69.4 Å². The molecule has 8 heteroatoms. The summed E-state index contributed by atoms with van der Waals surface area (Å²) < 4.78 is 0. The van der Waals surface area contributed by atoms with Crippen LogP contribution < -0.4 is 10.6 Å². The van der Waals surface area contributed by atoms with Crippen LogP contribution in [0.3, 0.4) is 0 Å². The van der Waals surface area contributed by atoms with Gasteiger partial charge in [-0.2, -0.15) is 0 Å². The number of rotatable bonds is 7. The molecule has 3 amide bonds. The molecule has 1 aromatic heterocycles. The molecule has 0 atom stereocenters. The van der Waals surface area contributed by atoms with Gasteiger partial charge in [0.25, 0.3) is 0 Å². The molecule has 166 valence electrons. The van der Waals surface area contributed by atoms with Crippen LogP contribution >= 0.6 is 11.3 Å². The molecule has 4 rings (SSSR count). The number of hydrogen-bond donors (Lipinski definition) is 2. The number of carbonyl (C=O) groups is 2. The molecule has 0 spiro atoms. The third-order valence-electron chi connectivity index (χ3n) is 5.86. The van der Waals surface area contributed by atoms with Crippen molar-refractivity contribution in [1.29, 1.82) is 0 Å². The molecule has 32 heavy (non-hydrogen) atoms. The van der Waals surface area contributed by atoms with Gasteiger partial charge in [0.05, 0.1) is 0 Å². The monoisotopic (exact) mass is 449 g/mol. The van der Waals surface area contributed by atoms with Gasteiger partial charge in [0, 0.05) is 31.5 Å². The van der Waals surface area contributed by atoms with Gasteiger partial charge in [0.15, 0.2) is 0 Å². The second-order valence-electron chi connectivity index (χ2n) is 7.89. The molecule has 0 radical (unpaired) electrons. The number of carbonyl (C=O) groups excluding carboxylic acids is 2. The molecule has 0 aliphatic carbocycles. The number of aromatic nitrogens is 2. The summed E-state index contributed by atoms with van der Waals surface area (Å²) in [5.41, 5.74) is 4.08. The van der Waals surface area contributed by atoms with Crippen LogP contribution in [0.25, 0.3) is 0 Å². The van der Waals surface area contributed by atoms with Crippen LogP contribution in [0.5, 0.6) is 0 Å². The fourth-order valence-electron chi connectivity index (χ4n) is 4.11. The lowest BCUT2D eigenvalue weighted by atomic mass is 9.88. The highest BCUT2D eigenvalue weighted by atomic mass is 32.1. The third kappa shape index (κ3) is 5.70. The number of amides is 3. The van der Waals surface area contributed by atoms with Crippen LogP contribution in [0.1, 0.15) is 36.3 Å². The fraction of sp³-hybridized carbons (Fsp3) is 0.333. The standard InChI is InChI=1S/C24H27N5O2S/c30-22(27-23-28-26-17-32-23)20-12-15-29(16-13-20)24(31)25-14-11-21(18-7-3-1-4-8-18)19-9-5-2-6-10-19/h1-10,17,20-21H,11-16H2,(H,25,31)(H,27,28,30). The van der Waals surface area contributed by atoms with Crippen molar-refractivity contribution < 1.29 is 9.59 Å². The van der Waals surface area contributed by atoms with Gasteiger partial charge in [0.1, 0.15) is 5.51 Å². The quantitative estimate of drug-likeness (QED) is 0.568. The summed E-state index contributed by atoms with van der Waals surface area (Å²) in [7, 11) is 0. The first-order valence-corrected chi connectivity index (χ1v) is 11.8. The lowest BCUT2D eigenvalue weighted by molar-refractivity contribution is -0.121. The number of urea groups is 1. The second kappa shape index (κ2) is 10.9. The molecule has 1 saturated heterocycles. The molecule has 1 fully saturated rings. The molecule has 1 aliphatic rings. The SMILES string of the molecule is O=C(Nc1nncs1)C1CCN(C(=O)NCCC(c2ccccc2)c2ccccc2)CC1. The van der Waals surface area contributed by atoms with E-state index in [9.17, 15) is 9.59 Å². The van der Waals surface area contributed by atoms with E-state index >= 15 is 0 Å². The molecule has 0 saturated carbocycles. The Morgan fingerprint density at radius 2 is 1.62 bits per heavy atom. The van der Waals surface area contributed by atoms with E-state index < -0.39 is 0 Å². The smallest absolute Gasteiger partial charge is 0.317 e. The lowest BCUT2D eigenvalue weighted by Crippen LogP contribution is -2.46. The zero-order chi connectivity index (χ0) is 22.2. The first kappa shape index (κ1) is 22.0. The molecule has 3 aromatic rings. The maximum absolute atomic E-state index is 12.7. The molecule has 2 heterocycles. The Hall–Kier alpha value is -3.26. The van der Waals surface area contributed by atoms with E-state index in [-0.39, 0.29) is 23.8 Å². The highest BCUT2D eigenvalue weighted by molar-refractivity contribution is 7.13. The predicted molar refractivity (Wildman–Crippen MR) is 126 cm³/mol. The number of nitrogens with zero attached hydrogens (tertiary/aromatic N) is 3.